The third-order valence-electron chi connectivity index (χ3n) is 3.48. The largest absolute Gasteiger partial charge is 0.359 e. The fourth-order valence-corrected chi connectivity index (χ4v) is 2.58. The van der Waals surface area contributed by atoms with Crippen LogP contribution >= 0.6 is 12.2 Å². The summed E-state index contributed by atoms with van der Waals surface area (Å²) in [5, 5.41) is 17.1. The van der Waals surface area contributed by atoms with E-state index in [-0.39, 0.29) is 16.8 Å². The standard InChI is InChI=1S/C14H17N5O4S/c1-8(2)15-12(24)17-18-11(20)14(3,16-13(18)21)9-4-6-10(7-5-9)19(22)23/h4-8H,1-3H3,(H,16,21)(H2,15,17,24)/t14-/m1/s1. The van der Waals surface area contributed by atoms with E-state index in [1.54, 1.807) is 0 Å². The van der Waals surface area contributed by atoms with E-state index in [1.165, 1.54) is 31.2 Å². The van der Waals surface area contributed by atoms with E-state index in [9.17, 15) is 19.7 Å². The molecule has 1 fully saturated rings. The van der Waals surface area contributed by atoms with Gasteiger partial charge < -0.3 is 10.6 Å². The Morgan fingerprint density at radius 2 is 1.92 bits per heavy atom. The number of carbonyl (C=O) groups excluding carboxylic acids is 2. The Labute approximate surface area is 143 Å². The van der Waals surface area contributed by atoms with Gasteiger partial charge in [-0.25, -0.2) is 4.79 Å². The molecule has 24 heavy (non-hydrogen) atoms. The zero-order valence-electron chi connectivity index (χ0n) is 13.3. The highest BCUT2D eigenvalue weighted by Crippen LogP contribution is 2.29. The molecule has 0 spiro atoms. The van der Waals surface area contributed by atoms with Gasteiger partial charge >= 0.3 is 6.03 Å². The molecule has 1 aliphatic heterocycles. The predicted octanol–water partition coefficient (Wildman–Crippen LogP) is 1.15. The van der Waals surface area contributed by atoms with Crippen LogP contribution in [0.4, 0.5) is 10.5 Å². The molecule has 0 aliphatic carbocycles. The summed E-state index contributed by atoms with van der Waals surface area (Å²) < 4.78 is 0. The van der Waals surface area contributed by atoms with E-state index in [1.807, 2.05) is 13.8 Å². The molecule has 10 heteroatoms. The lowest BCUT2D eigenvalue weighted by Crippen LogP contribution is -2.52. The molecular formula is C14H17N5O4S. The van der Waals surface area contributed by atoms with Crippen molar-refractivity contribution in [1.82, 2.24) is 21.1 Å². The van der Waals surface area contributed by atoms with Gasteiger partial charge in [0.25, 0.3) is 11.6 Å². The topological polar surface area (TPSA) is 117 Å². The van der Waals surface area contributed by atoms with E-state index >= 15 is 0 Å². The van der Waals surface area contributed by atoms with Gasteiger partial charge in [0.05, 0.1) is 4.92 Å². The van der Waals surface area contributed by atoms with Gasteiger partial charge in [-0.3, -0.25) is 20.3 Å². The van der Waals surface area contributed by atoms with Crippen LogP contribution in [0.15, 0.2) is 24.3 Å². The summed E-state index contributed by atoms with van der Waals surface area (Å²) in [6.07, 6.45) is 0. The van der Waals surface area contributed by atoms with Crippen LogP contribution in [-0.2, 0) is 10.3 Å². The Bertz CT molecular complexity index is 706. The molecule has 0 unspecified atom stereocenters. The van der Waals surface area contributed by atoms with Crippen molar-refractivity contribution in [2.24, 2.45) is 0 Å². The Morgan fingerprint density at radius 3 is 2.42 bits per heavy atom. The average Bonchev–Trinajstić information content (AvgIpc) is 2.71. The molecule has 0 radical (unpaired) electrons. The van der Waals surface area contributed by atoms with E-state index in [4.69, 9.17) is 12.2 Å². The van der Waals surface area contributed by atoms with Gasteiger partial charge in [0.15, 0.2) is 5.11 Å². The summed E-state index contributed by atoms with van der Waals surface area (Å²) in [5.41, 5.74) is 1.54. The highest BCUT2D eigenvalue weighted by molar-refractivity contribution is 7.80. The van der Waals surface area contributed by atoms with Gasteiger partial charge in [0, 0.05) is 18.2 Å². The molecule has 1 saturated heterocycles. The molecular weight excluding hydrogens is 334 g/mol. The van der Waals surface area contributed by atoms with Gasteiger partial charge in [-0.15, -0.1) is 0 Å². The first-order chi connectivity index (χ1) is 11.1. The van der Waals surface area contributed by atoms with Crippen molar-refractivity contribution in [2.75, 3.05) is 0 Å². The number of amides is 3. The van der Waals surface area contributed by atoms with Crippen molar-refractivity contribution >= 4 is 35.0 Å². The molecule has 0 bridgehead atoms. The molecule has 128 valence electrons. The number of nitrogens with zero attached hydrogens (tertiary/aromatic N) is 2. The molecule has 2 rings (SSSR count). The van der Waals surface area contributed by atoms with Gasteiger partial charge in [0.1, 0.15) is 5.54 Å². The first kappa shape index (κ1) is 17.6. The summed E-state index contributed by atoms with van der Waals surface area (Å²) in [7, 11) is 0. The minimum Gasteiger partial charge on any atom is -0.359 e. The van der Waals surface area contributed by atoms with Crippen molar-refractivity contribution < 1.29 is 14.5 Å². The van der Waals surface area contributed by atoms with Crippen LogP contribution in [0, 0.1) is 10.1 Å². The number of benzene rings is 1. The molecule has 0 saturated carbocycles. The Morgan fingerprint density at radius 1 is 1.33 bits per heavy atom. The molecule has 1 atom stereocenters. The lowest BCUT2D eigenvalue weighted by atomic mass is 9.92. The first-order valence-electron chi connectivity index (χ1n) is 7.14. The van der Waals surface area contributed by atoms with Crippen molar-refractivity contribution in [3.63, 3.8) is 0 Å². The van der Waals surface area contributed by atoms with E-state index < -0.39 is 22.4 Å². The SMILES string of the molecule is CC(C)NC(=S)NN1C(=O)N[C@](C)(c2ccc([N+](=O)[O-])cc2)C1=O. The monoisotopic (exact) mass is 351 g/mol. The predicted molar refractivity (Wildman–Crippen MR) is 89.8 cm³/mol. The Balaban J connectivity index is 2.22. The summed E-state index contributed by atoms with van der Waals surface area (Å²) in [4.78, 5) is 34.9. The summed E-state index contributed by atoms with van der Waals surface area (Å²) in [6.45, 7) is 5.25. The van der Waals surface area contributed by atoms with Crippen LogP contribution in [0.25, 0.3) is 0 Å². The minimum absolute atomic E-state index is 0.0341. The van der Waals surface area contributed by atoms with E-state index in [0.29, 0.717) is 5.56 Å². The number of nitro groups is 1. The van der Waals surface area contributed by atoms with E-state index in [2.05, 4.69) is 16.1 Å². The number of carbonyl (C=O) groups is 2. The number of nitrogens with one attached hydrogen (secondary N) is 3. The third kappa shape index (κ3) is 3.27. The van der Waals surface area contributed by atoms with Crippen LogP contribution in [-0.4, -0.2) is 33.0 Å². The van der Waals surface area contributed by atoms with Crippen LogP contribution < -0.4 is 16.1 Å². The molecule has 3 amide bonds. The highest BCUT2D eigenvalue weighted by Gasteiger charge is 2.49. The van der Waals surface area contributed by atoms with Crippen LogP contribution in [0.1, 0.15) is 26.3 Å². The lowest BCUT2D eigenvalue weighted by Gasteiger charge is -2.23. The summed E-state index contributed by atoms with van der Waals surface area (Å²) >= 11 is 5.04. The quantitative estimate of drug-likeness (QED) is 0.322. The number of urea groups is 1. The van der Waals surface area contributed by atoms with Crippen LogP contribution in [0.5, 0.6) is 0 Å². The fraction of sp³-hybridized carbons (Fsp3) is 0.357. The Kier molecular flexibility index (Phi) is 4.69. The van der Waals surface area contributed by atoms with Gasteiger partial charge in [-0.2, -0.15) is 5.01 Å². The van der Waals surface area contributed by atoms with Crippen LogP contribution in [0.3, 0.4) is 0 Å². The zero-order chi connectivity index (χ0) is 18.1. The van der Waals surface area contributed by atoms with Gasteiger partial charge in [0.2, 0.25) is 0 Å². The number of rotatable bonds is 4. The number of imide groups is 1. The summed E-state index contributed by atoms with van der Waals surface area (Å²) in [6, 6.07) is 4.80. The van der Waals surface area contributed by atoms with Crippen molar-refractivity contribution in [3.05, 3.63) is 39.9 Å². The molecule has 1 aromatic carbocycles. The number of thiocarbonyl (C=S) groups is 1. The number of hydrogen-bond acceptors (Lipinski definition) is 5. The molecule has 1 heterocycles. The highest BCUT2D eigenvalue weighted by atomic mass is 32.1. The molecule has 1 aromatic rings. The van der Waals surface area contributed by atoms with Crippen molar-refractivity contribution in [1.29, 1.82) is 0 Å². The number of nitro benzene ring substituents is 1. The van der Waals surface area contributed by atoms with Crippen molar-refractivity contribution in [3.8, 4) is 0 Å². The second-order valence-corrected chi connectivity index (χ2v) is 6.15. The normalized spacial score (nSPS) is 20.1. The van der Waals surface area contributed by atoms with Crippen LogP contribution in [0.2, 0.25) is 0 Å². The molecule has 1 aliphatic rings. The maximum absolute atomic E-state index is 12.6. The summed E-state index contributed by atoms with van der Waals surface area (Å²) in [5.74, 6) is -0.561. The first-order valence-corrected chi connectivity index (χ1v) is 7.54. The smallest absolute Gasteiger partial charge is 0.344 e. The van der Waals surface area contributed by atoms with Crippen molar-refractivity contribution in [2.45, 2.75) is 32.4 Å². The lowest BCUT2D eigenvalue weighted by molar-refractivity contribution is -0.384. The number of hydrogen-bond donors (Lipinski definition) is 3. The maximum atomic E-state index is 12.6. The van der Waals surface area contributed by atoms with Gasteiger partial charge in [-0.1, -0.05) is 0 Å². The average molecular weight is 351 g/mol. The second kappa shape index (κ2) is 6.40. The number of non-ortho nitro benzene ring substituents is 1. The molecule has 3 N–H and O–H groups in total. The van der Waals surface area contributed by atoms with E-state index in [0.717, 1.165) is 5.01 Å². The third-order valence-corrected chi connectivity index (χ3v) is 3.69. The maximum Gasteiger partial charge on any atom is 0.344 e. The second-order valence-electron chi connectivity index (χ2n) is 5.74. The van der Waals surface area contributed by atoms with Gasteiger partial charge in [-0.05, 0) is 50.7 Å². The minimum atomic E-state index is -1.34. The molecule has 9 nitrogen and oxygen atoms in total. The fourth-order valence-electron chi connectivity index (χ4n) is 2.25. The molecule has 0 aromatic heterocycles. The zero-order valence-corrected chi connectivity index (χ0v) is 14.1. The Hall–Kier alpha value is -2.75. The number of hydrazine groups is 1.